The molecule has 1 aliphatic rings. The molecule has 0 unspecified atom stereocenters. The van der Waals surface area contributed by atoms with Crippen molar-refractivity contribution in [1.29, 1.82) is 0 Å². The number of aryl methyl sites for hydroxylation is 1. The van der Waals surface area contributed by atoms with Gasteiger partial charge >= 0.3 is 0 Å². The Bertz CT molecular complexity index is 1180. The second-order valence-electron chi connectivity index (χ2n) is 7.37. The van der Waals surface area contributed by atoms with Gasteiger partial charge in [0.2, 0.25) is 0 Å². The molecule has 2 N–H and O–H groups in total. The smallest absolute Gasteiger partial charge is 0.126 e. The second-order valence-corrected chi connectivity index (χ2v) is 7.37. The number of anilines is 1. The lowest BCUT2D eigenvalue weighted by Gasteiger charge is -2.26. The lowest BCUT2D eigenvalue weighted by molar-refractivity contribution is 0.0365. The van der Waals surface area contributed by atoms with Crippen LogP contribution in [0.3, 0.4) is 0 Å². The third kappa shape index (κ3) is 3.41. The predicted octanol–water partition coefficient (Wildman–Crippen LogP) is 2.26. The van der Waals surface area contributed by atoms with Crippen molar-refractivity contribution in [3.63, 3.8) is 0 Å². The first-order chi connectivity index (χ1) is 14.2. The summed E-state index contributed by atoms with van der Waals surface area (Å²) >= 11 is 0. The van der Waals surface area contributed by atoms with Gasteiger partial charge in [-0.1, -0.05) is 0 Å². The minimum atomic E-state index is 0.541. The maximum atomic E-state index is 5.87. The van der Waals surface area contributed by atoms with Crippen molar-refractivity contribution in [3.05, 3.63) is 42.5 Å². The van der Waals surface area contributed by atoms with E-state index < -0.39 is 0 Å². The van der Waals surface area contributed by atoms with Gasteiger partial charge in [-0.15, -0.1) is 0 Å². The molecule has 0 amide bonds. The zero-order valence-electron chi connectivity index (χ0n) is 16.4. The molecule has 5 rings (SSSR count). The van der Waals surface area contributed by atoms with Gasteiger partial charge in [0.1, 0.15) is 16.9 Å². The highest BCUT2D eigenvalue weighted by Gasteiger charge is 2.14. The third-order valence-corrected chi connectivity index (χ3v) is 5.47. The average Bonchev–Trinajstić information content (AvgIpc) is 3.18. The van der Waals surface area contributed by atoms with Gasteiger partial charge in [0.05, 0.1) is 42.5 Å². The molecule has 8 nitrogen and oxygen atoms in total. The largest absolute Gasteiger partial charge is 0.383 e. The summed E-state index contributed by atoms with van der Waals surface area (Å²) in [5.74, 6) is 0.541. The lowest BCUT2D eigenvalue weighted by atomic mass is 10.1. The van der Waals surface area contributed by atoms with Gasteiger partial charge in [-0.2, -0.15) is 0 Å². The minimum absolute atomic E-state index is 0.541. The van der Waals surface area contributed by atoms with E-state index in [4.69, 9.17) is 15.5 Å². The van der Waals surface area contributed by atoms with Crippen LogP contribution < -0.4 is 5.73 Å². The Morgan fingerprint density at radius 3 is 2.72 bits per heavy atom. The minimum Gasteiger partial charge on any atom is -0.383 e. The first-order valence-electron chi connectivity index (χ1n) is 9.82. The van der Waals surface area contributed by atoms with Crippen LogP contribution >= 0.6 is 0 Å². The van der Waals surface area contributed by atoms with Crippen LogP contribution in [0, 0.1) is 6.92 Å². The molecule has 1 saturated heterocycles. The van der Waals surface area contributed by atoms with E-state index in [1.54, 1.807) is 6.20 Å². The summed E-state index contributed by atoms with van der Waals surface area (Å²) in [6.45, 7) is 7.31. The third-order valence-electron chi connectivity index (χ3n) is 5.47. The van der Waals surface area contributed by atoms with Gasteiger partial charge in [-0.3, -0.25) is 9.88 Å². The van der Waals surface area contributed by atoms with E-state index in [0.717, 1.165) is 78.3 Å². The van der Waals surface area contributed by atoms with E-state index in [9.17, 15) is 0 Å². The molecule has 4 aromatic rings. The van der Waals surface area contributed by atoms with Crippen LogP contribution in [0.25, 0.3) is 33.3 Å². The number of nitrogens with zero attached hydrogens (tertiary/aromatic N) is 6. The van der Waals surface area contributed by atoms with Crippen LogP contribution in [0.4, 0.5) is 5.82 Å². The summed E-state index contributed by atoms with van der Waals surface area (Å²) in [7, 11) is 0. The summed E-state index contributed by atoms with van der Waals surface area (Å²) in [6.07, 6.45) is 5.47. The van der Waals surface area contributed by atoms with Crippen molar-refractivity contribution in [1.82, 2.24) is 29.4 Å². The number of nitrogen functional groups attached to an aromatic ring is 1. The predicted molar refractivity (Wildman–Crippen MR) is 112 cm³/mol. The highest BCUT2D eigenvalue weighted by Crippen LogP contribution is 2.26. The summed E-state index contributed by atoms with van der Waals surface area (Å²) in [5.41, 5.74) is 12.2. The van der Waals surface area contributed by atoms with Crippen LogP contribution in [0.15, 0.2) is 36.9 Å². The molecule has 0 aliphatic carbocycles. The summed E-state index contributed by atoms with van der Waals surface area (Å²) in [4.78, 5) is 20.7. The van der Waals surface area contributed by atoms with Crippen molar-refractivity contribution in [2.45, 2.75) is 13.5 Å². The summed E-state index contributed by atoms with van der Waals surface area (Å²) < 4.78 is 7.62. The number of ether oxygens (including phenoxy) is 1. The van der Waals surface area contributed by atoms with Crippen LogP contribution in [0.5, 0.6) is 0 Å². The number of hydrogen-bond donors (Lipinski definition) is 1. The van der Waals surface area contributed by atoms with E-state index in [1.807, 2.05) is 37.6 Å². The summed E-state index contributed by atoms with van der Waals surface area (Å²) in [6, 6.07) is 5.99. The molecule has 5 heterocycles. The molecule has 0 saturated carbocycles. The molecular formula is C21H23N7O. The Morgan fingerprint density at radius 1 is 1.03 bits per heavy atom. The zero-order chi connectivity index (χ0) is 19.8. The Kier molecular flexibility index (Phi) is 4.57. The van der Waals surface area contributed by atoms with Crippen LogP contribution in [-0.2, 0) is 11.3 Å². The monoisotopic (exact) mass is 389 g/mol. The van der Waals surface area contributed by atoms with Crippen LogP contribution in [-0.4, -0.2) is 62.3 Å². The van der Waals surface area contributed by atoms with Gasteiger partial charge in [0, 0.05) is 37.9 Å². The van der Waals surface area contributed by atoms with Gasteiger partial charge < -0.3 is 15.0 Å². The van der Waals surface area contributed by atoms with Crippen LogP contribution in [0.2, 0.25) is 0 Å². The topological polar surface area (TPSA) is 95.0 Å². The maximum Gasteiger partial charge on any atom is 0.126 e. The number of nitrogens with two attached hydrogens (primary N) is 1. The Balaban J connectivity index is 1.55. The quantitative estimate of drug-likeness (QED) is 0.572. The van der Waals surface area contributed by atoms with E-state index >= 15 is 0 Å². The molecule has 0 bridgehead atoms. The normalized spacial score (nSPS) is 15.3. The van der Waals surface area contributed by atoms with Crippen molar-refractivity contribution in [2.24, 2.45) is 0 Å². The fraction of sp³-hybridized carbons (Fsp3) is 0.333. The molecule has 8 heteroatoms. The average molecular weight is 389 g/mol. The first-order valence-corrected chi connectivity index (χ1v) is 9.82. The molecular weight excluding hydrogens is 366 g/mol. The van der Waals surface area contributed by atoms with Gasteiger partial charge in [0.25, 0.3) is 0 Å². The van der Waals surface area contributed by atoms with Crippen molar-refractivity contribution in [2.75, 3.05) is 38.6 Å². The number of imidazole rings is 1. The lowest BCUT2D eigenvalue weighted by Crippen LogP contribution is -2.38. The SMILES string of the molecule is Cc1cc(-c2ccc3ncc4ncn(CCN5CCOCC5)c4c3n2)cnc1N. The molecule has 1 fully saturated rings. The van der Waals surface area contributed by atoms with E-state index in [0.29, 0.717) is 5.82 Å². The Morgan fingerprint density at radius 2 is 1.90 bits per heavy atom. The number of aromatic nitrogens is 5. The molecule has 148 valence electrons. The second kappa shape index (κ2) is 7.38. The standard InChI is InChI=1S/C21H23N7O/c1-14-10-15(11-24-21(14)22)16-2-3-17-19(26-16)20-18(12-23-17)25-13-28(20)5-4-27-6-8-29-9-7-27/h2-3,10-13H,4-9H2,1H3,(H2,22,24). The maximum absolute atomic E-state index is 5.87. The number of morpholine rings is 1. The fourth-order valence-corrected chi connectivity index (χ4v) is 3.74. The first kappa shape index (κ1) is 18.0. The molecule has 0 aromatic carbocycles. The van der Waals surface area contributed by atoms with Gasteiger partial charge in [-0.05, 0) is 30.7 Å². The fourth-order valence-electron chi connectivity index (χ4n) is 3.74. The van der Waals surface area contributed by atoms with Crippen molar-refractivity contribution < 1.29 is 4.74 Å². The van der Waals surface area contributed by atoms with E-state index in [-0.39, 0.29) is 0 Å². The number of pyridine rings is 3. The molecule has 0 atom stereocenters. The zero-order valence-corrected chi connectivity index (χ0v) is 16.4. The Hall–Kier alpha value is -3.10. The summed E-state index contributed by atoms with van der Waals surface area (Å²) in [5, 5.41) is 0. The number of rotatable bonds is 4. The number of fused-ring (bicyclic) bond motifs is 3. The number of hydrogen-bond acceptors (Lipinski definition) is 7. The van der Waals surface area contributed by atoms with Gasteiger partial charge in [0.15, 0.2) is 0 Å². The van der Waals surface area contributed by atoms with Crippen molar-refractivity contribution >= 4 is 27.9 Å². The molecule has 29 heavy (non-hydrogen) atoms. The van der Waals surface area contributed by atoms with E-state index in [1.165, 1.54) is 0 Å². The highest BCUT2D eigenvalue weighted by molar-refractivity contribution is 6.00. The van der Waals surface area contributed by atoms with Crippen molar-refractivity contribution in [3.8, 4) is 11.3 Å². The molecule has 1 aliphatic heterocycles. The van der Waals surface area contributed by atoms with E-state index in [2.05, 4.69) is 24.4 Å². The highest BCUT2D eigenvalue weighted by atomic mass is 16.5. The van der Waals surface area contributed by atoms with Gasteiger partial charge in [-0.25, -0.2) is 15.0 Å². The molecule has 0 spiro atoms. The van der Waals surface area contributed by atoms with Crippen LogP contribution in [0.1, 0.15) is 5.56 Å². The Labute approximate surface area is 168 Å². The molecule has 0 radical (unpaired) electrons. The molecule has 4 aromatic heterocycles.